The number of thiophene rings is 1. The molecule has 2 unspecified atom stereocenters. The summed E-state index contributed by atoms with van der Waals surface area (Å²) in [6.45, 7) is 4.24. The van der Waals surface area contributed by atoms with E-state index in [1.54, 1.807) is 11.3 Å². The Hall–Kier alpha value is -0.380. The van der Waals surface area contributed by atoms with E-state index >= 15 is 0 Å². The molecule has 1 nitrogen and oxygen atoms in total. The summed E-state index contributed by atoms with van der Waals surface area (Å²) in [5.74, 6) is 0.282. The van der Waals surface area contributed by atoms with Crippen LogP contribution in [0.25, 0.3) is 0 Å². The maximum absolute atomic E-state index is 6.55. The summed E-state index contributed by atoms with van der Waals surface area (Å²) in [6, 6.07) is 6.20. The highest BCUT2D eigenvalue weighted by Crippen LogP contribution is 2.41. The van der Waals surface area contributed by atoms with Crippen molar-refractivity contribution >= 4 is 38.9 Å². The van der Waals surface area contributed by atoms with E-state index in [1.807, 2.05) is 24.5 Å². The zero-order valence-corrected chi connectivity index (χ0v) is 12.8. The molecule has 0 aliphatic rings. The lowest BCUT2D eigenvalue weighted by Gasteiger charge is -2.16. The SMILES string of the molecule is Cc1cc(C(Cl)C(C)c2ccncc2)sc1Br. The maximum Gasteiger partial charge on any atom is 0.0744 e. The van der Waals surface area contributed by atoms with Gasteiger partial charge < -0.3 is 0 Å². The van der Waals surface area contributed by atoms with Crippen molar-refractivity contribution in [1.29, 1.82) is 0 Å². The zero-order valence-electron chi connectivity index (χ0n) is 9.65. The summed E-state index contributed by atoms with van der Waals surface area (Å²) in [5, 5.41) is 0.00685. The van der Waals surface area contributed by atoms with Gasteiger partial charge in [0, 0.05) is 23.2 Å². The molecular weight excluding hydrogens is 318 g/mol. The monoisotopic (exact) mass is 329 g/mol. The molecule has 2 aromatic rings. The minimum atomic E-state index is 0.00685. The lowest BCUT2D eigenvalue weighted by molar-refractivity contribution is 0.740. The largest absolute Gasteiger partial charge is 0.265 e. The molecule has 0 fully saturated rings. The van der Waals surface area contributed by atoms with Crippen molar-refractivity contribution in [3.8, 4) is 0 Å². The fraction of sp³-hybridized carbons (Fsp3) is 0.308. The molecule has 0 bridgehead atoms. The normalized spacial score (nSPS) is 14.6. The van der Waals surface area contributed by atoms with Crippen LogP contribution in [0.5, 0.6) is 0 Å². The average molecular weight is 331 g/mol. The highest BCUT2D eigenvalue weighted by molar-refractivity contribution is 9.11. The third kappa shape index (κ3) is 2.90. The van der Waals surface area contributed by atoms with Gasteiger partial charge in [0.1, 0.15) is 0 Å². The van der Waals surface area contributed by atoms with Gasteiger partial charge in [0.15, 0.2) is 0 Å². The number of aromatic nitrogens is 1. The van der Waals surface area contributed by atoms with Crippen molar-refractivity contribution in [3.05, 3.63) is 50.4 Å². The molecule has 0 saturated carbocycles. The third-order valence-electron chi connectivity index (χ3n) is 2.82. The maximum atomic E-state index is 6.55. The Morgan fingerprint density at radius 3 is 2.53 bits per heavy atom. The molecule has 2 atom stereocenters. The first-order valence-corrected chi connectivity index (χ1v) is 7.44. The molecule has 2 aromatic heterocycles. The van der Waals surface area contributed by atoms with E-state index in [0.717, 1.165) is 0 Å². The topological polar surface area (TPSA) is 12.9 Å². The second kappa shape index (κ2) is 5.51. The smallest absolute Gasteiger partial charge is 0.0744 e. The Labute approximate surface area is 119 Å². The van der Waals surface area contributed by atoms with Crippen molar-refractivity contribution in [2.45, 2.75) is 25.1 Å². The Kier molecular flexibility index (Phi) is 4.23. The van der Waals surface area contributed by atoms with Gasteiger partial charge in [-0.15, -0.1) is 22.9 Å². The molecular formula is C13H13BrClNS. The van der Waals surface area contributed by atoms with Crippen LogP contribution in [0.1, 0.15) is 34.2 Å². The number of alkyl halides is 1. The van der Waals surface area contributed by atoms with E-state index in [2.05, 4.69) is 40.8 Å². The van der Waals surface area contributed by atoms with Crippen LogP contribution in [0.15, 0.2) is 34.4 Å². The van der Waals surface area contributed by atoms with E-state index in [-0.39, 0.29) is 11.3 Å². The first kappa shape index (κ1) is 13.1. The summed E-state index contributed by atoms with van der Waals surface area (Å²) < 4.78 is 1.17. The highest BCUT2D eigenvalue weighted by Gasteiger charge is 2.20. The standard InChI is InChI=1S/C13H13BrClNS/c1-8-7-11(17-13(8)14)12(15)9(2)10-3-5-16-6-4-10/h3-7,9,12H,1-2H3. The summed E-state index contributed by atoms with van der Waals surface area (Å²) in [5.41, 5.74) is 2.47. The third-order valence-corrected chi connectivity index (χ3v) is 5.78. The average Bonchev–Trinajstić information content (AvgIpc) is 2.69. The molecule has 0 aliphatic heterocycles. The van der Waals surface area contributed by atoms with Crippen LogP contribution in [0.4, 0.5) is 0 Å². The Balaban J connectivity index is 2.23. The van der Waals surface area contributed by atoms with Crippen molar-refractivity contribution in [1.82, 2.24) is 4.98 Å². The second-order valence-corrected chi connectivity index (χ2v) is 6.95. The number of nitrogens with zero attached hydrogens (tertiary/aromatic N) is 1. The fourth-order valence-electron chi connectivity index (χ4n) is 1.70. The van der Waals surface area contributed by atoms with Gasteiger partial charge in [-0.25, -0.2) is 0 Å². The van der Waals surface area contributed by atoms with E-state index < -0.39 is 0 Å². The summed E-state index contributed by atoms with van der Waals surface area (Å²) >= 11 is 11.8. The number of rotatable bonds is 3. The molecule has 0 radical (unpaired) electrons. The minimum Gasteiger partial charge on any atom is -0.265 e. The molecule has 90 valence electrons. The molecule has 0 spiro atoms. The van der Waals surface area contributed by atoms with Crippen LogP contribution in [0.2, 0.25) is 0 Å². The molecule has 0 saturated heterocycles. The summed E-state index contributed by atoms with van der Waals surface area (Å²) in [6.07, 6.45) is 3.62. The summed E-state index contributed by atoms with van der Waals surface area (Å²) in [7, 11) is 0. The molecule has 0 aromatic carbocycles. The van der Waals surface area contributed by atoms with Gasteiger partial charge >= 0.3 is 0 Å². The second-order valence-electron chi connectivity index (χ2n) is 4.08. The molecule has 2 heterocycles. The van der Waals surface area contributed by atoms with Gasteiger partial charge in [-0.2, -0.15) is 0 Å². The van der Waals surface area contributed by atoms with Crippen LogP contribution in [0, 0.1) is 6.92 Å². The predicted octanol–water partition coefficient (Wildman–Crippen LogP) is 5.30. The number of hydrogen-bond donors (Lipinski definition) is 0. The van der Waals surface area contributed by atoms with Crippen LogP contribution < -0.4 is 0 Å². The number of pyridine rings is 1. The van der Waals surface area contributed by atoms with Gasteiger partial charge in [-0.3, -0.25) is 4.98 Å². The van der Waals surface area contributed by atoms with Crippen LogP contribution in [-0.2, 0) is 0 Å². The van der Waals surface area contributed by atoms with Gasteiger partial charge in [0.05, 0.1) is 9.16 Å². The Morgan fingerprint density at radius 1 is 1.35 bits per heavy atom. The Morgan fingerprint density at radius 2 is 2.00 bits per heavy atom. The summed E-state index contributed by atoms with van der Waals surface area (Å²) in [4.78, 5) is 5.24. The van der Waals surface area contributed by atoms with Crippen molar-refractivity contribution in [2.24, 2.45) is 0 Å². The van der Waals surface area contributed by atoms with Crippen molar-refractivity contribution < 1.29 is 0 Å². The van der Waals surface area contributed by atoms with E-state index in [9.17, 15) is 0 Å². The zero-order chi connectivity index (χ0) is 12.4. The lowest BCUT2D eigenvalue weighted by Crippen LogP contribution is -2.00. The van der Waals surface area contributed by atoms with Gasteiger partial charge in [-0.05, 0) is 52.2 Å². The molecule has 17 heavy (non-hydrogen) atoms. The van der Waals surface area contributed by atoms with Crippen LogP contribution >= 0.6 is 38.9 Å². The molecule has 0 N–H and O–H groups in total. The predicted molar refractivity (Wildman–Crippen MR) is 78.0 cm³/mol. The molecule has 0 amide bonds. The van der Waals surface area contributed by atoms with Crippen molar-refractivity contribution in [3.63, 3.8) is 0 Å². The number of halogens is 2. The first-order chi connectivity index (χ1) is 8.09. The van der Waals surface area contributed by atoms with Crippen molar-refractivity contribution in [2.75, 3.05) is 0 Å². The van der Waals surface area contributed by atoms with Crippen LogP contribution in [0.3, 0.4) is 0 Å². The van der Waals surface area contributed by atoms with Gasteiger partial charge in [-0.1, -0.05) is 6.92 Å². The lowest BCUT2D eigenvalue weighted by atomic mass is 9.97. The van der Waals surface area contributed by atoms with E-state index in [4.69, 9.17) is 11.6 Å². The Bertz CT molecular complexity index is 478. The van der Waals surface area contributed by atoms with Gasteiger partial charge in [0.25, 0.3) is 0 Å². The van der Waals surface area contributed by atoms with E-state index in [1.165, 1.54) is 19.8 Å². The fourth-order valence-corrected chi connectivity index (χ4v) is 3.70. The molecule has 0 aliphatic carbocycles. The van der Waals surface area contributed by atoms with E-state index in [0.29, 0.717) is 0 Å². The first-order valence-electron chi connectivity index (χ1n) is 5.39. The minimum absolute atomic E-state index is 0.00685. The highest BCUT2D eigenvalue weighted by atomic mass is 79.9. The molecule has 2 rings (SSSR count). The number of aryl methyl sites for hydroxylation is 1. The quantitative estimate of drug-likeness (QED) is 0.696. The number of hydrogen-bond acceptors (Lipinski definition) is 2. The van der Waals surface area contributed by atoms with Gasteiger partial charge in [0.2, 0.25) is 0 Å². The van der Waals surface area contributed by atoms with Crippen LogP contribution in [-0.4, -0.2) is 4.98 Å². The molecule has 4 heteroatoms.